The molecule has 0 aromatic heterocycles. The number of fused-ring (bicyclic) bond motifs is 1. The summed E-state index contributed by atoms with van der Waals surface area (Å²) in [6.07, 6.45) is 0.998. The minimum Gasteiger partial charge on any atom is -0.383 e. The number of hydrogen-bond acceptors (Lipinski definition) is 3. The predicted molar refractivity (Wildman–Crippen MR) is 96.6 cm³/mol. The first-order valence-corrected chi connectivity index (χ1v) is 8.15. The van der Waals surface area contributed by atoms with E-state index in [-0.39, 0.29) is 5.91 Å². The van der Waals surface area contributed by atoms with Gasteiger partial charge in [-0.05, 0) is 43.2 Å². The minimum absolute atomic E-state index is 0.0351. The van der Waals surface area contributed by atoms with Gasteiger partial charge in [-0.25, -0.2) is 0 Å². The number of nitrogens with one attached hydrogen (secondary N) is 2. The number of para-hydroxylation sites is 2. The molecule has 5 heteroatoms. The van der Waals surface area contributed by atoms with Crippen molar-refractivity contribution in [3.8, 4) is 0 Å². The minimum atomic E-state index is -0.0351. The first-order valence-electron chi connectivity index (χ1n) is 7.77. The molecule has 2 N–H and O–H groups in total. The molecule has 0 saturated heterocycles. The molecule has 1 amide bonds. The standard InChI is InChI=1S/C18H20ClN3O/c1-13-7-8-14(19)11-16(13)21-18(23)12-22-10-4-9-20-15-5-2-3-6-17(15)22/h2-3,5-8,11,20H,4,9-10,12H2,1H3,(H,21,23). The average Bonchev–Trinajstić information content (AvgIpc) is 2.74. The molecule has 0 spiro atoms. The molecule has 0 bridgehead atoms. The summed E-state index contributed by atoms with van der Waals surface area (Å²) in [7, 11) is 0. The quantitative estimate of drug-likeness (QED) is 0.897. The van der Waals surface area contributed by atoms with E-state index in [1.54, 1.807) is 6.07 Å². The van der Waals surface area contributed by atoms with Crippen LogP contribution in [0.15, 0.2) is 42.5 Å². The van der Waals surface area contributed by atoms with E-state index in [1.807, 2.05) is 43.3 Å². The zero-order valence-electron chi connectivity index (χ0n) is 13.1. The van der Waals surface area contributed by atoms with Crippen molar-refractivity contribution in [2.45, 2.75) is 13.3 Å². The van der Waals surface area contributed by atoms with Crippen LogP contribution >= 0.6 is 11.6 Å². The molecule has 4 nitrogen and oxygen atoms in total. The van der Waals surface area contributed by atoms with Gasteiger partial charge in [-0.1, -0.05) is 29.8 Å². The second kappa shape index (κ2) is 6.92. The molecular weight excluding hydrogens is 310 g/mol. The molecule has 0 unspecified atom stereocenters. The van der Waals surface area contributed by atoms with Gasteiger partial charge in [0.1, 0.15) is 0 Å². The molecular formula is C18H20ClN3O. The van der Waals surface area contributed by atoms with Crippen molar-refractivity contribution >= 4 is 34.6 Å². The van der Waals surface area contributed by atoms with Gasteiger partial charge in [-0.3, -0.25) is 4.79 Å². The van der Waals surface area contributed by atoms with Crippen molar-refractivity contribution in [3.63, 3.8) is 0 Å². The Balaban J connectivity index is 1.74. The second-order valence-electron chi connectivity index (χ2n) is 5.73. The van der Waals surface area contributed by atoms with Crippen LogP contribution in [0, 0.1) is 6.92 Å². The Kier molecular flexibility index (Phi) is 4.72. The van der Waals surface area contributed by atoms with Crippen LogP contribution in [-0.2, 0) is 4.79 Å². The van der Waals surface area contributed by atoms with E-state index in [0.717, 1.165) is 42.1 Å². The lowest BCUT2D eigenvalue weighted by Crippen LogP contribution is -2.33. The fourth-order valence-corrected chi connectivity index (χ4v) is 2.94. The number of benzene rings is 2. The fraction of sp³-hybridized carbons (Fsp3) is 0.278. The molecule has 1 aliphatic rings. The molecule has 2 aromatic rings. The summed E-state index contributed by atoms with van der Waals surface area (Å²) in [5.74, 6) is -0.0351. The lowest BCUT2D eigenvalue weighted by molar-refractivity contribution is -0.115. The molecule has 3 rings (SSSR count). The van der Waals surface area contributed by atoms with Crippen LogP contribution in [0.25, 0.3) is 0 Å². The maximum Gasteiger partial charge on any atom is 0.243 e. The topological polar surface area (TPSA) is 44.4 Å². The molecule has 0 atom stereocenters. The number of anilines is 3. The SMILES string of the molecule is Cc1ccc(Cl)cc1NC(=O)CN1CCCNc2ccccc21. The Hall–Kier alpha value is -2.20. The third-order valence-corrected chi connectivity index (χ3v) is 4.21. The van der Waals surface area contributed by atoms with E-state index < -0.39 is 0 Å². The third kappa shape index (κ3) is 3.77. The Labute approximate surface area is 141 Å². The van der Waals surface area contributed by atoms with Crippen LogP contribution in [0.3, 0.4) is 0 Å². The van der Waals surface area contributed by atoms with Gasteiger partial charge in [0.05, 0.1) is 17.9 Å². The molecule has 120 valence electrons. The Morgan fingerprint density at radius 3 is 3.00 bits per heavy atom. The third-order valence-electron chi connectivity index (χ3n) is 3.97. The number of carbonyl (C=O) groups is 1. The van der Waals surface area contributed by atoms with E-state index in [2.05, 4.69) is 15.5 Å². The maximum absolute atomic E-state index is 12.4. The molecule has 23 heavy (non-hydrogen) atoms. The Morgan fingerprint density at radius 1 is 1.30 bits per heavy atom. The molecule has 1 aliphatic heterocycles. The zero-order chi connectivity index (χ0) is 16.2. The van der Waals surface area contributed by atoms with E-state index in [4.69, 9.17) is 11.6 Å². The van der Waals surface area contributed by atoms with Gasteiger partial charge in [0.2, 0.25) is 5.91 Å². The number of hydrogen-bond donors (Lipinski definition) is 2. The first kappa shape index (κ1) is 15.7. The summed E-state index contributed by atoms with van der Waals surface area (Å²) in [4.78, 5) is 14.6. The van der Waals surface area contributed by atoms with Gasteiger partial charge in [-0.15, -0.1) is 0 Å². The van der Waals surface area contributed by atoms with Gasteiger partial charge >= 0.3 is 0 Å². The molecule has 2 aromatic carbocycles. The zero-order valence-corrected chi connectivity index (χ0v) is 13.9. The highest BCUT2D eigenvalue weighted by atomic mass is 35.5. The highest BCUT2D eigenvalue weighted by molar-refractivity contribution is 6.31. The van der Waals surface area contributed by atoms with Crippen molar-refractivity contribution in [2.75, 3.05) is 35.2 Å². The Bertz CT molecular complexity index is 717. The summed E-state index contributed by atoms with van der Waals surface area (Å²) < 4.78 is 0. The summed E-state index contributed by atoms with van der Waals surface area (Å²) in [6, 6.07) is 13.6. The second-order valence-corrected chi connectivity index (χ2v) is 6.16. The van der Waals surface area contributed by atoms with Gasteiger partial charge in [0.15, 0.2) is 0 Å². The summed E-state index contributed by atoms with van der Waals surface area (Å²) >= 11 is 6.01. The number of nitrogens with zero attached hydrogens (tertiary/aromatic N) is 1. The molecule has 0 saturated carbocycles. The van der Waals surface area contributed by atoms with Crippen molar-refractivity contribution in [2.24, 2.45) is 0 Å². The van der Waals surface area contributed by atoms with E-state index >= 15 is 0 Å². The maximum atomic E-state index is 12.4. The fourth-order valence-electron chi connectivity index (χ4n) is 2.77. The number of amides is 1. The van der Waals surface area contributed by atoms with Gasteiger partial charge < -0.3 is 15.5 Å². The van der Waals surface area contributed by atoms with E-state index in [1.165, 1.54) is 0 Å². The molecule has 1 heterocycles. The van der Waals surface area contributed by atoms with Crippen LogP contribution in [0.4, 0.5) is 17.1 Å². The summed E-state index contributed by atoms with van der Waals surface area (Å²) in [5, 5.41) is 6.99. The number of halogens is 1. The Morgan fingerprint density at radius 2 is 2.13 bits per heavy atom. The number of aryl methyl sites for hydroxylation is 1. The van der Waals surface area contributed by atoms with Gasteiger partial charge in [0, 0.05) is 23.8 Å². The number of carbonyl (C=O) groups excluding carboxylic acids is 1. The van der Waals surface area contributed by atoms with E-state index in [0.29, 0.717) is 11.6 Å². The highest BCUT2D eigenvalue weighted by Crippen LogP contribution is 2.28. The largest absolute Gasteiger partial charge is 0.383 e. The highest BCUT2D eigenvalue weighted by Gasteiger charge is 2.17. The van der Waals surface area contributed by atoms with Crippen LogP contribution in [0.5, 0.6) is 0 Å². The molecule has 0 radical (unpaired) electrons. The summed E-state index contributed by atoms with van der Waals surface area (Å²) in [5.41, 5.74) is 3.92. The summed E-state index contributed by atoms with van der Waals surface area (Å²) in [6.45, 7) is 4.05. The van der Waals surface area contributed by atoms with Crippen molar-refractivity contribution < 1.29 is 4.79 Å². The van der Waals surface area contributed by atoms with Crippen LogP contribution < -0.4 is 15.5 Å². The monoisotopic (exact) mass is 329 g/mol. The van der Waals surface area contributed by atoms with Crippen LogP contribution in [0.1, 0.15) is 12.0 Å². The van der Waals surface area contributed by atoms with Crippen LogP contribution in [0.2, 0.25) is 5.02 Å². The van der Waals surface area contributed by atoms with Crippen LogP contribution in [-0.4, -0.2) is 25.5 Å². The lowest BCUT2D eigenvalue weighted by Gasteiger charge is -2.24. The predicted octanol–water partition coefficient (Wildman–Crippen LogP) is 3.91. The molecule has 0 fully saturated rings. The molecule has 0 aliphatic carbocycles. The smallest absolute Gasteiger partial charge is 0.243 e. The van der Waals surface area contributed by atoms with Gasteiger partial charge in [-0.2, -0.15) is 0 Å². The van der Waals surface area contributed by atoms with Gasteiger partial charge in [0.25, 0.3) is 0 Å². The number of rotatable bonds is 3. The first-order chi connectivity index (χ1) is 11.1. The average molecular weight is 330 g/mol. The van der Waals surface area contributed by atoms with Crippen molar-refractivity contribution in [3.05, 3.63) is 53.1 Å². The van der Waals surface area contributed by atoms with E-state index in [9.17, 15) is 4.79 Å². The van der Waals surface area contributed by atoms with Crippen molar-refractivity contribution in [1.29, 1.82) is 0 Å². The van der Waals surface area contributed by atoms with Crippen molar-refractivity contribution in [1.82, 2.24) is 0 Å². The normalized spacial score (nSPS) is 13.7. The lowest BCUT2D eigenvalue weighted by atomic mass is 10.2.